The fourth-order valence-electron chi connectivity index (χ4n) is 2.64. The molecule has 0 amide bonds. The normalized spacial score (nSPS) is 16.2. The van der Waals surface area contributed by atoms with Gasteiger partial charge in [-0.2, -0.15) is 0 Å². The van der Waals surface area contributed by atoms with E-state index in [-0.39, 0.29) is 0 Å². The highest BCUT2D eigenvalue weighted by Crippen LogP contribution is 2.31. The van der Waals surface area contributed by atoms with Gasteiger partial charge in [0.25, 0.3) is 0 Å². The molecule has 0 unspecified atom stereocenters. The SMILES string of the molecule is CC1(NCc2ccc(OCc3ccccc3)cc2)CCC1. The van der Waals surface area contributed by atoms with Crippen molar-refractivity contribution in [1.29, 1.82) is 0 Å². The van der Waals surface area contributed by atoms with Crippen LogP contribution in [0, 0.1) is 0 Å². The molecule has 2 nitrogen and oxygen atoms in total. The molecule has 0 radical (unpaired) electrons. The van der Waals surface area contributed by atoms with Gasteiger partial charge in [-0.15, -0.1) is 0 Å². The van der Waals surface area contributed by atoms with Gasteiger partial charge in [0.05, 0.1) is 0 Å². The second-order valence-corrected chi connectivity index (χ2v) is 6.19. The predicted octanol–water partition coefficient (Wildman–Crippen LogP) is 4.30. The lowest BCUT2D eigenvalue weighted by Crippen LogP contribution is -2.47. The van der Waals surface area contributed by atoms with E-state index in [0.717, 1.165) is 12.3 Å². The van der Waals surface area contributed by atoms with E-state index in [9.17, 15) is 0 Å². The number of benzene rings is 2. The van der Waals surface area contributed by atoms with Crippen LogP contribution in [0.4, 0.5) is 0 Å². The monoisotopic (exact) mass is 281 g/mol. The summed E-state index contributed by atoms with van der Waals surface area (Å²) in [6.45, 7) is 3.87. The van der Waals surface area contributed by atoms with E-state index in [0.29, 0.717) is 12.1 Å². The van der Waals surface area contributed by atoms with Crippen molar-refractivity contribution in [2.75, 3.05) is 0 Å². The van der Waals surface area contributed by atoms with E-state index in [4.69, 9.17) is 4.74 Å². The van der Waals surface area contributed by atoms with Gasteiger partial charge >= 0.3 is 0 Å². The maximum Gasteiger partial charge on any atom is 0.119 e. The maximum absolute atomic E-state index is 5.80. The Kier molecular flexibility index (Phi) is 4.26. The molecule has 0 heterocycles. The molecule has 110 valence electrons. The Morgan fingerprint density at radius 1 is 0.952 bits per heavy atom. The van der Waals surface area contributed by atoms with Crippen molar-refractivity contribution in [2.45, 2.75) is 44.9 Å². The van der Waals surface area contributed by atoms with Gasteiger partial charge in [0.15, 0.2) is 0 Å². The van der Waals surface area contributed by atoms with Crippen molar-refractivity contribution in [3.8, 4) is 5.75 Å². The Balaban J connectivity index is 1.49. The van der Waals surface area contributed by atoms with Crippen LogP contribution >= 0.6 is 0 Å². The third kappa shape index (κ3) is 3.85. The molecule has 2 aromatic rings. The van der Waals surface area contributed by atoms with Gasteiger partial charge in [0.2, 0.25) is 0 Å². The van der Waals surface area contributed by atoms with Crippen LogP contribution in [0.5, 0.6) is 5.75 Å². The zero-order valence-electron chi connectivity index (χ0n) is 12.6. The standard InChI is InChI=1S/C19H23NO/c1-19(12-5-13-19)20-14-16-8-10-18(11-9-16)21-15-17-6-3-2-4-7-17/h2-4,6-11,20H,5,12-15H2,1H3. The Morgan fingerprint density at radius 3 is 2.29 bits per heavy atom. The average molecular weight is 281 g/mol. The van der Waals surface area contributed by atoms with E-state index in [1.807, 2.05) is 18.2 Å². The molecule has 1 fully saturated rings. The molecule has 0 saturated heterocycles. The first kappa shape index (κ1) is 14.2. The Hall–Kier alpha value is -1.80. The number of rotatable bonds is 6. The second-order valence-electron chi connectivity index (χ2n) is 6.19. The summed E-state index contributed by atoms with van der Waals surface area (Å²) in [7, 11) is 0. The quantitative estimate of drug-likeness (QED) is 0.852. The summed E-state index contributed by atoms with van der Waals surface area (Å²) in [4.78, 5) is 0. The summed E-state index contributed by atoms with van der Waals surface area (Å²) in [5.74, 6) is 0.928. The smallest absolute Gasteiger partial charge is 0.119 e. The van der Waals surface area contributed by atoms with E-state index in [1.54, 1.807) is 0 Å². The number of hydrogen-bond acceptors (Lipinski definition) is 2. The lowest BCUT2D eigenvalue weighted by Gasteiger charge is -2.39. The molecule has 21 heavy (non-hydrogen) atoms. The van der Waals surface area contributed by atoms with Crippen molar-refractivity contribution in [3.05, 3.63) is 65.7 Å². The van der Waals surface area contributed by atoms with Crippen LogP contribution in [0.3, 0.4) is 0 Å². The first-order valence-corrected chi connectivity index (χ1v) is 7.74. The summed E-state index contributed by atoms with van der Waals surface area (Å²) >= 11 is 0. The minimum absolute atomic E-state index is 0.364. The molecule has 0 aliphatic heterocycles. The average Bonchev–Trinajstić information content (AvgIpc) is 2.51. The molecular weight excluding hydrogens is 258 g/mol. The molecule has 1 aliphatic rings. The molecule has 1 saturated carbocycles. The highest BCUT2D eigenvalue weighted by molar-refractivity contribution is 5.28. The number of nitrogens with one attached hydrogen (secondary N) is 1. The largest absolute Gasteiger partial charge is 0.489 e. The van der Waals surface area contributed by atoms with Crippen molar-refractivity contribution >= 4 is 0 Å². The summed E-state index contributed by atoms with van der Waals surface area (Å²) in [5.41, 5.74) is 2.87. The fraction of sp³-hybridized carbons (Fsp3) is 0.368. The number of hydrogen-bond donors (Lipinski definition) is 1. The summed E-state index contributed by atoms with van der Waals surface area (Å²) in [6.07, 6.45) is 3.95. The highest BCUT2D eigenvalue weighted by atomic mass is 16.5. The van der Waals surface area contributed by atoms with Gasteiger partial charge in [0, 0.05) is 12.1 Å². The molecule has 1 aliphatic carbocycles. The molecule has 0 aromatic heterocycles. The van der Waals surface area contributed by atoms with Crippen LogP contribution in [-0.2, 0) is 13.2 Å². The number of ether oxygens (including phenoxy) is 1. The van der Waals surface area contributed by atoms with Gasteiger partial charge < -0.3 is 10.1 Å². The van der Waals surface area contributed by atoms with Crippen LogP contribution in [0.1, 0.15) is 37.3 Å². The van der Waals surface area contributed by atoms with Crippen molar-refractivity contribution in [2.24, 2.45) is 0 Å². The van der Waals surface area contributed by atoms with Gasteiger partial charge in [-0.3, -0.25) is 0 Å². The van der Waals surface area contributed by atoms with E-state index in [2.05, 4.69) is 48.6 Å². The van der Waals surface area contributed by atoms with Gasteiger partial charge in [-0.05, 0) is 49.4 Å². The molecule has 2 heteroatoms. The molecule has 3 rings (SSSR count). The molecule has 1 N–H and O–H groups in total. The van der Waals surface area contributed by atoms with E-state index in [1.165, 1.54) is 30.4 Å². The predicted molar refractivity (Wildman–Crippen MR) is 86.3 cm³/mol. The molecule has 0 bridgehead atoms. The van der Waals surface area contributed by atoms with Gasteiger partial charge in [0.1, 0.15) is 12.4 Å². The van der Waals surface area contributed by atoms with Crippen LogP contribution in [0.15, 0.2) is 54.6 Å². The minimum atomic E-state index is 0.364. The molecule has 0 spiro atoms. The second kappa shape index (κ2) is 6.31. The topological polar surface area (TPSA) is 21.3 Å². The third-order valence-corrected chi connectivity index (χ3v) is 4.35. The van der Waals surface area contributed by atoms with Crippen LogP contribution in [0.25, 0.3) is 0 Å². The Morgan fingerprint density at radius 2 is 1.67 bits per heavy atom. The van der Waals surface area contributed by atoms with Crippen LogP contribution in [0.2, 0.25) is 0 Å². The summed E-state index contributed by atoms with van der Waals surface area (Å²) < 4.78 is 5.80. The highest BCUT2D eigenvalue weighted by Gasteiger charge is 2.30. The summed E-state index contributed by atoms with van der Waals surface area (Å²) in [6, 6.07) is 18.7. The zero-order chi connectivity index (χ0) is 14.5. The van der Waals surface area contributed by atoms with Gasteiger partial charge in [-0.25, -0.2) is 0 Å². The van der Waals surface area contributed by atoms with E-state index >= 15 is 0 Å². The maximum atomic E-state index is 5.80. The molecule has 0 atom stereocenters. The first-order chi connectivity index (χ1) is 10.2. The van der Waals surface area contributed by atoms with Gasteiger partial charge in [-0.1, -0.05) is 42.5 Å². The minimum Gasteiger partial charge on any atom is -0.489 e. The molecule has 2 aromatic carbocycles. The van der Waals surface area contributed by atoms with Crippen molar-refractivity contribution in [3.63, 3.8) is 0 Å². The Labute approximate surface area is 127 Å². The van der Waals surface area contributed by atoms with E-state index < -0.39 is 0 Å². The Bertz CT molecular complexity index is 558. The zero-order valence-corrected chi connectivity index (χ0v) is 12.6. The van der Waals surface area contributed by atoms with Crippen LogP contribution < -0.4 is 10.1 Å². The van der Waals surface area contributed by atoms with Crippen molar-refractivity contribution < 1.29 is 4.74 Å². The summed E-state index contributed by atoms with van der Waals surface area (Å²) in [5, 5.41) is 3.65. The molecular formula is C19H23NO. The lowest BCUT2D eigenvalue weighted by atomic mass is 9.78. The van der Waals surface area contributed by atoms with Crippen molar-refractivity contribution in [1.82, 2.24) is 5.32 Å². The third-order valence-electron chi connectivity index (χ3n) is 4.35. The lowest BCUT2D eigenvalue weighted by molar-refractivity contribution is 0.207. The fourth-order valence-corrected chi connectivity index (χ4v) is 2.64. The van der Waals surface area contributed by atoms with Crippen LogP contribution in [-0.4, -0.2) is 5.54 Å². The first-order valence-electron chi connectivity index (χ1n) is 7.74.